The van der Waals surface area contributed by atoms with Crippen molar-refractivity contribution >= 4 is 0 Å². The molecule has 4 atom stereocenters. The molecule has 0 radical (unpaired) electrons. The highest BCUT2D eigenvalue weighted by Gasteiger charge is 2.27. The lowest BCUT2D eigenvalue weighted by molar-refractivity contribution is 0.106. The third kappa shape index (κ3) is 3.16. The monoisotopic (exact) mass is 212 g/mol. The van der Waals surface area contributed by atoms with Crippen molar-refractivity contribution in [1.82, 2.24) is 5.32 Å². The van der Waals surface area contributed by atoms with Crippen molar-refractivity contribution in [3.63, 3.8) is 0 Å². The number of hydrogen-bond donors (Lipinski definition) is 2. The molecule has 3 N–H and O–H groups in total. The smallest absolute Gasteiger partial charge is 0.0586 e. The van der Waals surface area contributed by atoms with E-state index in [1.807, 2.05) is 7.11 Å². The fraction of sp³-hybridized carbons (Fsp3) is 1.00. The Morgan fingerprint density at radius 3 is 2.53 bits per heavy atom. The van der Waals surface area contributed by atoms with Gasteiger partial charge in [-0.1, -0.05) is 6.42 Å². The van der Waals surface area contributed by atoms with E-state index in [-0.39, 0.29) is 0 Å². The minimum atomic E-state index is 0.427. The Kier molecular flexibility index (Phi) is 4.00. The lowest BCUT2D eigenvalue weighted by Crippen LogP contribution is -2.43. The van der Waals surface area contributed by atoms with Crippen LogP contribution in [0.25, 0.3) is 0 Å². The molecule has 0 bridgehead atoms. The predicted octanol–water partition coefficient (Wildman–Crippen LogP) is 1.41. The van der Waals surface area contributed by atoms with Crippen LogP contribution in [0.3, 0.4) is 0 Å². The molecular weight excluding hydrogens is 188 g/mol. The van der Waals surface area contributed by atoms with Gasteiger partial charge in [0.05, 0.1) is 6.10 Å². The Bertz CT molecular complexity index is 198. The molecule has 15 heavy (non-hydrogen) atoms. The number of nitrogens with one attached hydrogen (secondary N) is 1. The van der Waals surface area contributed by atoms with Crippen molar-refractivity contribution in [3.8, 4) is 0 Å². The summed E-state index contributed by atoms with van der Waals surface area (Å²) in [5, 5.41) is 3.75. The van der Waals surface area contributed by atoms with Gasteiger partial charge < -0.3 is 15.8 Å². The summed E-state index contributed by atoms with van der Waals surface area (Å²) < 4.78 is 5.39. The molecule has 0 aromatic rings. The number of rotatable bonds is 3. The lowest BCUT2D eigenvalue weighted by atomic mass is 9.91. The second-order valence-corrected chi connectivity index (χ2v) is 5.16. The van der Waals surface area contributed by atoms with Gasteiger partial charge in [-0.15, -0.1) is 0 Å². The molecule has 0 aromatic heterocycles. The average molecular weight is 212 g/mol. The maximum Gasteiger partial charge on any atom is 0.0586 e. The molecule has 2 fully saturated rings. The first-order valence-electron chi connectivity index (χ1n) is 6.32. The zero-order chi connectivity index (χ0) is 10.7. The van der Waals surface area contributed by atoms with Crippen LogP contribution in [-0.4, -0.2) is 31.3 Å². The Balaban J connectivity index is 1.72. The molecule has 2 saturated carbocycles. The van der Waals surface area contributed by atoms with Crippen LogP contribution in [0.5, 0.6) is 0 Å². The second kappa shape index (κ2) is 5.28. The zero-order valence-corrected chi connectivity index (χ0v) is 9.74. The average Bonchev–Trinajstić information content (AvgIpc) is 2.65. The first kappa shape index (κ1) is 11.4. The first-order valence-corrected chi connectivity index (χ1v) is 6.32. The van der Waals surface area contributed by atoms with Crippen molar-refractivity contribution in [2.24, 2.45) is 5.73 Å². The van der Waals surface area contributed by atoms with Gasteiger partial charge in [0.25, 0.3) is 0 Å². The van der Waals surface area contributed by atoms with Gasteiger partial charge in [0.1, 0.15) is 0 Å². The fourth-order valence-electron chi connectivity index (χ4n) is 3.02. The molecule has 3 heteroatoms. The SMILES string of the molecule is COC1CCC(NC2CCCC(N)C2)C1. The fourth-order valence-corrected chi connectivity index (χ4v) is 3.02. The van der Waals surface area contributed by atoms with E-state index < -0.39 is 0 Å². The largest absolute Gasteiger partial charge is 0.381 e. The number of nitrogens with two attached hydrogens (primary N) is 1. The molecule has 0 aromatic carbocycles. The van der Waals surface area contributed by atoms with Gasteiger partial charge in [0.15, 0.2) is 0 Å². The predicted molar refractivity (Wildman–Crippen MR) is 61.8 cm³/mol. The van der Waals surface area contributed by atoms with Crippen LogP contribution in [0.1, 0.15) is 44.9 Å². The molecular formula is C12H24N2O. The molecule has 88 valence electrons. The summed E-state index contributed by atoms with van der Waals surface area (Å²) in [7, 11) is 1.82. The summed E-state index contributed by atoms with van der Waals surface area (Å²) in [6.45, 7) is 0. The highest BCUT2D eigenvalue weighted by Crippen LogP contribution is 2.24. The summed E-state index contributed by atoms with van der Waals surface area (Å²) in [6.07, 6.45) is 9.12. The molecule has 0 spiro atoms. The first-order chi connectivity index (χ1) is 7.28. The van der Waals surface area contributed by atoms with Crippen molar-refractivity contribution < 1.29 is 4.74 Å². The van der Waals surface area contributed by atoms with Crippen molar-refractivity contribution in [1.29, 1.82) is 0 Å². The number of methoxy groups -OCH3 is 1. The van der Waals surface area contributed by atoms with Crippen LogP contribution in [0, 0.1) is 0 Å². The van der Waals surface area contributed by atoms with Crippen LogP contribution >= 0.6 is 0 Å². The Morgan fingerprint density at radius 2 is 1.87 bits per heavy atom. The topological polar surface area (TPSA) is 47.3 Å². The summed E-state index contributed by atoms with van der Waals surface area (Å²) >= 11 is 0. The summed E-state index contributed by atoms with van der Waals surface area (Å²) in [6, 6.07) is 1.76. The Hall–Kier alpha value is -0.120. The van der Waals surface area contributed by atoms with Gasteiger partial charge in [-0.05, 0) is 38.5 Å². The van der Waals surface area contributed by atoms with E-state index in [1.54, 1.807) is 0 Å². The van der Waals surface area contributed by atoms with Crippen LogP contribution in [-0.2, 0) is 4.74 Å². The highest BCUT2D eigenvalue weighted by molar-refractivity contribution is 4.87. The molecule has 0 saturated heterocycles. The molecule has 3 nitrogen and oxygen atoms in total. The third-order valence-corrected chi connectivity index (χ3v) is 3.90. The van der Waals surface area contributed by atoms with Crippen molar-refractivity contribution in [3.05, 3.63) is 0 Å². The molecule has 2 rings (SSSR count). The van der Waals surface area contributed by atoms with Crippen LogP contribution in [0.2, 0.25) is 0 Å². The molecule has 2 aliphatic rings. The van der Waals surface area contributed by atoms with E-state index in [9.17, 15) is 0 Å². The van der Waals surface area contributed by atoms with E-state index in [4.69, 9.17) is 10.5 Å². The summed E-state index contributed by atoms with van der Waals surface area (Å²) in [5.41, 5.74) is 5.99. The Labute approximate surface area is 92.7 Å². The van der Waals surface area contributed by atoms with Crippen LogP contribution in [0.4, 0.5) is 0 Å². The minimum Gasteiger partial charge on any atom is -0.381 e. The quantitative estimate of drug-likeness (QED) is 0.743. The molecule has 0 heterocycles. The van der Waals surface area contributed by atoms with Gasteiger partial charge >= 0.3 is 0 Å². The third-order valence-electron chi connectivity index (χ3n) is 3.90. The number of hydrogen-bond acceptors (Lipinski definition) is 3. The van der Waals surface area contributed by atoms with Crippen LogP contribution in [0.15, 0.2) is 0 Å². The maximum absolute atomic E-state index is 5.99. The second-order valence-electron chi connectivity index (χ2n) is 5.16. The highest BCUT2D eigenvalue weighted by atomic mass is 16.5. The number of ether oxygens (including phenoxy) is 1. The normalized spacial score (nSPS) is 42.0. The standard InChI is InChI=1S/C12H24N2O/c1-15-12-6-5-11(8-12)14-10-4-2-3-9(13)7-10/h9-12,14H,2-8,13H2,1H3. The van der Waals surface area contributed by atoms with Crippen molar-refractivity contribution in [2.75, 3.05) is 7.11 Å². The van der Waals surface area contributed by atoms with E-state index >= 15 is 0 Å². The molecule has 2 aliphatic carbocycles. The van der Waals surface area contributed by atoms with Crippen molar-refractivity contribution in [2.45, 2.75) is 69.2 Å². The summed E-state index contributed by atoms with van der Waals surface area (Å²) in [5.74, 6) is 0. The van der Waals surface area contributed by atoms with Gasteiger partial charge in [-0.2, -0.15) is 0 Å². The zero-order valence-electron chi connectivity index (χ0n) is 9.74. The van der Waals surface area contributed by atoms with Gasteiger partial charge in [-0.25, -0.2) is 0 Å². The maximum atomic E-state index is 5.99. The van der Waals surface area contributed by atoms with E-state index in [0.717, 1.165) is 6.42 Å². The lowest BCUT2D eigenvalue weighted by Gasteiger charge is -2.30. The van der Waals surface area contributed by atoms with Gasteiger partial charge in [0, 0.05) is 25.2 Å². The molecule has 0 amide bonds. The van der Waals surface area contributed by atoms with Gasteiger partial charge in [-0.3, -0.25) is 0 Å². The molecule has 4 unspecified atom stereocenters. The Morgan fingerprint density at radius 1 is 1.07 bits per heavy atom. The molecule has 0 aliphatic heterocycles. The van der Waals surface area contributed by atoms with E-state index in [1.165, 1.54) is 38.5 Å². The van der Waals surface area contributed by atoms with Gasteiger partial charge in [0.2, 0.25) is 0 Å². The van der Waals surface area contributed by atoms with E-state index in [0.29, 0.717) is 24.2 Å². The van der Waals surface area contributed by atoms with Crippen LogP contribution < -0.4 is 11.1 Å². The summed E-state index contributed by atoms with van der Waals surface area (Å²) in [4.78, 5) is 0. The minimum absolute atomic E-state index is 0.427. The van der Waals surface area contributed by atoms with E-state index in [2.05, 4.69) is 5.32 Å².